The maximum Gasteiger partial charge on any atom is 0.168 e. The second-order valence-electron chi connectivity index (χ2n) is 4.04. The molecule has 0 fully saturated rings. The summed E-state index contributed by atoms with van der Waals surface area (Å²) < 4.78 is 13.6. The number of ketones is 1. The molecule has 1 aromatic rings. The molecule has 0 aliphatic carbocycles. The van der Waals surface area contributed by atoms with Crippen LogP contribution in [0, 0.1) is 11.7 Å². The van der Waals surface area contributed by atoms with Crippen molar-refractivity contribution in [1.82, 2.24) is 0 Å². The van der Waals surface area contributed by atoms with E-state index in [1.165, 1.54) is 6.07 Å². The van der Waals surface area contributed by atoms with Crippen LogP contribution in [-0.2, 0) is 6.42 Å². The van der Waals surface area contributed by atoms with Crippen molar-refractivity contribution in [2.24, 2.45) is 5.92 Å². The predicted molar refractivity (Wildman–Crippen MR) is 59.6 cm³/mol. The van der Waals surface area contributed by atoms with Gasteiger partial charge in [-0.1, -0.05) is 39.3 Å². The van der Waals surface area contributed by atoms with Crippen molar-refractivity contribution in [3.63, 3.8) is 0 Å². The van der Waals surface area contributed by atoms with Crippen molar-refractivity contribution in [3.8, 4) is 0 Å². The summed E-state index contributed by atoms with van der Waals surface area (Å²) >= 11 is 0. The van der Waals surface area contributed by atoms with Gasteiger partial charge in [0.05, 0.1) is 5.56 Å². The minimum atomic E-state index is -0.389. The van der Waals surface area contributed by atoms with Crippen molar-refractivity contribution >= 4 is 5.78 Å². The molecule has 0 aliphatic rings. The quantitative estimate of drug-likeness (QED) is 0.691. The molecule has 1 rings (SSSR count). The number of carbonyl (C=O) groups is 1. The molecule has 0 N–H and O–H groups in total. The van der Waals surface area contributed by atoms with Gasteiger partial charge in [0.1, 0.15) is 5.82 Å². The fourth-order valence-electron chi connectivity index (χ4n) is 1.61. The van der Waals surface area contributed by atoms with Gasteiger partial charge in [-0.25, -0.2) is 4.39 Å². The van der Waals surface area contributed by atoms with Crippen molar-refractivity contribution in [2.75, 3.05) is 0 Å². The molecular weight excluding hydrogens is 191 g/mol. The van der Waals surface area contributed by atoms with Crippen molar-refractivity contribution < 1.29 is 9.18 Å². The summed E-state index contributed by atoms with van der Waals surface area (Å²) in [6.07, 6.45) is 1.67. The van der Waals surface area contributed by atoms with Crippen LogP contribution in [0.4, 0.5) is 4.39 Å². The maximum absolute atomic E-state index is 13.6. The van der Waals surface area contributed by atoms with Gasteiger partial charge in [-0.15, -0.1) is 0 Å². The summed E-state index contributed by atoms with van der Waals surface area (Å²) in [6.45, 7) is 5.61. The molecule has 0 spiro atoms. The van der Waals surface area contributed by atoms with Gasteiger partial charge in [0, 0.05) is 5.92 Å². The van der Waals surface area contributed by atoms with E-state index >= 15 is 0 Å². The van der Waals surface area contributed by atoms with E-state index in [2.05, 4.69) is 0 Å². The number of benzene rings is 1. The highest BCUT2D eigenvalue weighted by molar-refractivity contribution is 5.99. The van der Waals surface area contributed by atoms with Crippen molar-refractivity contribution in [3.05, 3.63) is 35.1 Å². The molecule has 15 heavy (non-hydrogen) atoms. The third-order valence-corrected chi connectivity index (χ3v) is 2.39. The first kappa shape index (κ1) is 11.9. The molecule has 0 saturated heterocycles. The fraction of sp³-hybridized carbons (Fsp3) is 0.462. The Morgan fingerprint density at radius 1 is 1.40 bits per heavy atom. The van der Waals surface area contributed by atoms with Crippen molar-refractivity contribution in [1.29, 1.82) is 0 Å². The first-order valence-corrected chi connectivity index (χ1v) is 5.39. The van der Waals surface area contributed by atoms with Gasteiger partial charge in [0.25, 0.3) is 0 Å². The Morgan fingerprint density at radius 3 is 2.60 bits per heavy atom. The van der Waals surface area contributed by atoms with Gasteiger partial charge >= 0.3 is 0 Å². The van der Waals surface area contributed by atoms with E-state index in [0.717, 1.165) is 18.4 Å². The third-order valence-electron chi connectivity index (χ3n) is 2.39. The van der Waals surface area contributed by atoms with Gasteiger partial charge in [-0.05, 0) is 18.1 Å². The number of hydrogen-bond acceptors (Lipinski definition) is 1. The molecule has 0 bridgehead atoms. The highest BCUT2D eigenvalue weighted by atomic mass is 19.1. The van der Waals surface area contributed by atoms with Gasteiger partial charge in [0.2, 0.25) is 0 Å². The van der Waals surface area contributed by atoms with Crippen LogP contribution in [0.1, 0.15) is 43.1 Å². The number of Topliss-reactive ketones (excluding diaryl/α,β-unsaturated/α-hetero) is 1. The minimum absolute atomic E-state index is 0.100. The smallest absolute Gasteiger partial charge is 0.168 e. The number of aryl methyl sites for hydroxylation is 1. The maximum atomic E-state index is 13.6. The van der Waals surface area contributed by atoms with E-state index in [1.807, 2.05) is 13.0 Å². The zero-order valence-corrected chi connectivity index (χ0v) is 9.51. The van der Waals surface area contributed by atoms with Crippen LogP contribution in [0.3, 0.4) is 0 Å². The van der Waals surface area contributed by atoms with Crippen LogP contribution in [0.15, 0.2) is 18.2 Å². The molecule has 0 saturated carbocycles. The first-order chi connectivity index (χ1) is 7.07. The molecule has 0 amide bonds. The summed E-state index contributed by atoms with van der Waals surface area (Å²) in [6, 6.07) is 4.86. The van der Waals surface area contributed by atoms with Gasteiger partial charge in [-0.3, -0.25) is 4.79 Å². The summed E-state index contributed by atoms with van der Waals surface area (Å²) in [5.74, 6) is -0.645. The second-order valence-corrected chi connectivity index (χ2v) is 4.04. The Bertz CT molecular complexity index is 356. The molecule has 0 aliphatic heterocycles. The number of hydrogen-bond donors (Lipinski definition) is 0. The van der Waals surface area contributed by atoms with E-state index in [-0.39, 0.29) is 23.1 Å². The SMILES string of the molecule is CCCc1cccc(F)c1C(=O)C(C)C. The highest BCUT2D eigenvalue weighted by Gasteiger charge is 2.18. The van der Waals surface area contributed by atoms with E-state index in [9.17, 15) is 9.18 Å². The van der Waals surface area contributed by atoms with Crippen LogP contribution in [-0.4, -0.2) is 5.78 Å². The zero-order chi connectivity index (χ0) is 11.4. The Balaban J connectivity index is 3.18. The highest BCUT2D eigenvalue weighted by Crippen LogP contribution is 2.19. The van der Waals surface area contributed by atoms with Crippen LogP contribution < -0.4 is 0 Å². The molecule has 0 aromatic heterocycles. The standard InChI is InChI=1S/C13H17FO/c1-4-6-10-7-5-8-11(14)12(10)13(15)9(2)3/h5,7-9H,4,6H2,1-3H3. The van der Waals surface area contributed by atoms with E-state index < -0.39 is 0 Å². The average molecular weight is 208 g/mol. The molecule has 0 atom stereocenters. The van der Waals surface area contributed by atoms with Gasteiger partial charge in [-0.2, -0.15) is 0 Å². The Hall–Kier alpha value is -1.18. The van der Waals surface area contributed by atoms with Crippen LogP contribution in [0.5, 0.6) is 0 Å². The average Bonchev–Trinajstić information content (AvgIpc) is 2.17. The lowest BCUT2D eigenvalue weighted by Gasteiger charge is -2.10. The topological polar surface area (TPSA) is 17.1 Å². The summed E-state index contributed by atoms with van der Waals surface area (Å²) in [5.41, 5.74) is 1.12. The number of rotatable bonds is 4. The van der Waals surface area contributed by atoms with Gasteiger partial charge < -0.3 is 0 Å². The molecule has 2 heteroatoms. The zero-order valence-electron chi connectivity index (χ0n) is 9.51. The van der Waals surface area contributed by atoms with E-state index in [1.54, 1.807) is 19.9 Å². The second kappa shape index (κ2) is 5.06. The molecule has 0 heterocycles. The van der Waals surface area contributed by atoms with Crippen LogP contribution in [0.2, 0.25) is 0 Å². The molecule has 0 unspecified atom stereocenters. The minimum Gasteiger partial charge on any atom is -0.294 e. The first-order valence-electron chi connectivity index (χ1n) is 5.39. The Morgan fingerprint density at radius 2 is 2.07 bits per heavy atom. The normalized spacial score (nSPS) is 10.7. The molecule has 1 nitrogen and oxygen atoms in total. The third kappa shape index (κ3) is 2.65. The summed E-state index contributed by atoms with van der Waals surface area (Å²) in [5, 5.41) is 0. The lowest BCUT2D eigenvalue weighted by molar-refractivity contribution is 0.0934. The van der Waals surface area contributed by atoms with E-state index in [0.29, 0.717) is 0 Å². The van der Waals surface area contributed by atoms with Crippen LogP contribution in [0.25, 0.3) is 0 Å². The lowest BCUT2D eigenvalue weighted by Crippen LogP contribution is -2.12. The Kier molecular flexibility index (Phi) is 4.01. The van der Waals surface area contributed by atoms with Crippen LogP contribution >= 0.6 is 0 Å². The van der Waals surface area contributed by atoms with E-state index in [4.69, 9.17) is 0 Å². The van der Waals surface area contributed by atoms with Gasteiger partial charge in [0.15, 0.2) is 5.78 Å². The van der Waals surface area contributed by atoms with Crippen molar-refractivity contribution in [2.45, 2.75) is 33.6 Å². The predicted octanol–water partition coefficient (Wildman–Crippen LogP) is 3.62. The number of carbonyl (C=O) groups excluding carboxylic acids is 1. The monoisotopic (exact) mass is 208 g/mol. The Labute approximate surface area is 90.3 Å². The molecule has 1 aromatic carbocycles. The molecule has 0 radical (unpaired) electrons. The fourth-order valence-corrected chi connectivity index (χ4v) is 1.61. The molecular formula is C13H17FO. The summed E-state index contributed by atoms with van der Waals surface area (Å²) in [4.78, 5) is 11.8. The largest absolute Gasteiger partial charge is 0.294 e. The summed E-state index contributed by atoms with van der Waals surface area (Å²) in [7, 11) is 0. The lowest BCUT2D eigenvalue weighted by atomic mass is 9.94. The molecule has 82 valence electrons. The number of halogens is 1.